The van der Waals surface area contributed by atoms with Gasteiger partial charge in [0, 0.05) is 0 Å². The Balaban J connectivity index is 2.36. The molecule has 1 fully saturated rings. The Morgan fingerprint density at radius 2 is 2.00 bits per heavy atom. The zero-order valence-electron chi connectivity index (χ0n) is 11.9. The van der Waals surface area contributed by atoms with E-state index in [0.29, 0.717) is 0 Å². The van der Waals surface area contributed by atoms with Gasteiger partial charge in [-0.25, -0.2) is 4.79 Å². The SMILES string of the molecule is COC(=O)[C@@H](c1ccccc1)N1OC(=O)CC1C(C)C. The Hall–Kier alpha value is -1.88. The number of hydroxylamine groups is 2. The second kappa shape index (κ2) is 6.05. The van der Waals surface area contributed by atoms with Crippen LogP contribution in [0.25, 0.3) is 0 Å². The van der Waals surface area contributed by atoms with Gasteiger partial charge in [0.15, 0.2) is 6.04 Å². The monoisotopic (exact) mass is 277 g/mol. The number of nitrogens with zero attached hydrogens (tertiary/aromatic N) is 1. The molecule has 1 unspecified atom stereocenters. The first-order valence-electron chi connectivity index (χ1n) is 6.66. The van der Waals surface area contributed by atoms with E-state index in [9.17, 15) is 9.59 Å². The molecule has 0 radical (unpaired) electrons. The van der Waals surface area contributed by atoms with Crippen LogP contribution in [-0.2, 0) is 19.2 Å². The zero-order valence-corrected chi connectivity index (χ0v) is 11.9. The number of methoxy groups -OCH3 is 1. The van der Waals surface area contributed by atoms with Crippen molar-refractivity contribution in [2.45, 2.75) is 32.4 Å². The van der Waals surface area contributed by atoms with Gasteiger partial charge in [0.2, 0.25) is 0 Å². The summed E-state index contributed by atoms with van der Waals surface area (Å²) in [6, 6.07) is 8.34. The lowest BCUT2D eigenvalue weighted by atomic mass is 9.98. The predicted octanol–water partition coefficient (Wildman–Crippen LogP) is 2.09. The van der Waals surface area contributed by atoms with Crippen molar-refractivity contribution in [2.24, 2.45) is 5.92 Å². The Morgan fingerprint density at radius 1 is 1.35 bits per heavy atom. The third-order valence-electron chi connectivity index (χ3n) is 3.47. The molecular formula is C15H19NO4. The lowest BCUT2D eigenvalue weighted by Gasteiger charge is -2.30. The van der Waals surface area contributed by atoms with E-state index < -0.39 is 12.0 Å². The predicted molar refractivity (Wildman–Crippen MR) is 72.4 cm³/mol. The van der Waals surface area contributed by atoms with E-state index in [1.165, 1.54) is 12.2 Å². The molecule has 0 bridgehead atoms. The molecule has 1 saturated heterocycles. The highest BCUT2D eigenvalue weighted by Crippen LogP contribution is 2.33. The molecule has 0 aromatic heterocycles. The van der Waals surface area contributed by atoms with Crippen LogP contribution in [0.15, 0.2) is 30.3 Å². The van der Waals surface area contributed by atoms with Gasteiger partial charge < -0.3 is 9.57 Å². The number of ether oxygens (including phenoxy) is 1. The first-order chi connectivity index (χ1) is 9.54. The topological polar surface area (TPSA) is 55.8 Å². The van der Waals surface area contributed by atoms with Gasteiger partial charge in [-0.05, 0) is 11.5 Å². The van der Waals surface area contributed by atoms with Crippen molar-refractivity contribution in [3.05, 3.63) is 35.9 Å². The molecule has 0 aliphatic carbocycles. The van der Waals surface area contributed by atoms with Crippen LogP contribution in [-0.4, -0.2) is 30.2 Å². The Bertz CT molecular complexity index is 486. The van der Waals surface area contributed by atoms with Crippen molar-refractivity contribution in [1.29, 1.82) is 0 Å². The van der Waals surface area contributed by atoms with Crippen LogP contribution in [0, 0.1) is 5.92 Å². The quantitative estimate of drug-likeness (QED) is 0.789. The van der Waals surface area contributed by atoms with Crippen LogP contribution >= 0.6 is 0 Å². The average Bonchev–Trinajstić information content (AvgIpc) is 2.82. The van der Waals surface area contributed by atoms with Crippen molar-refractivity contribution < 1.29 is 19.2 Å². The average molecular weight is 277 g/mol. The van der Waals surface area contributed by atoms with Gasteiger partial charge in [-0.1, -0.05) is 44.2 Å². The summed E-state index contributed by atoms with van der Waals surface area (Å²) in [6.45, 7) is 4.00. The normalized spacial score (nSPS) is 20.8. The van der Waals surface area contributed by atoms with Crippen LogP contribution in [0.4, 0.5) is 0 Å². The number of rotatable bonds is 4. The minimum absolute atomic E-state index is 0.133. The molecule has 20 heavy (non-hydrogen) atoms. The standard InChI is InChI=1S/C15H19NO4/c1-10(2)12-9-13(17)20-16(12)14(15(18)19-3)11-7-5-4-6-8-11/h4-8,10,12,14H,9H2,1-3H3/t12?,14-/m1/s1. The summed E-state index contributed by atoms with van der Waals surface area (Å²) in [7, 11) is 1.33. The van der Waals surface area contributed by atoms with Gasteiger partial charge in [-0.3, -0.25) is 4.79 Å². The van der Waals surface area contributed by atoms with E-state index in [2.05, 4.69) is 0 Å². The molecule has 1 aromatic carbocycles. The van der Waals surface area contributed by atoms with E-state index in [-0.39, 0.29) is 24.3 Å². The number of carbonyl (C=O) groups excluding carboxylic acids is 2. The van der Waals surface area contributed by atoms with Crippen molar-refractivity contribution in [3.63, 3.8) is 0 Å². The van der Waals surface area contributed by atoms with E-state index in [0.717, 1.165) is 5.56 Å². The molecule has 1 aliphatic heterocycles. The fourth-order valence-corrected chi connectivity index (χ4v) is 2.39. The Morgan fingerprint density at radius 3 is 2.55 bits per heavy atom. The maximum Gasteiger partial charge on any atom is 0.331 e. The van der Waals surface area contributed by atoms with Gasteiger partial charge in [0.1, 0.15) is 0 Å². The van der Waals surface area contributed by atoms with Crippen LogP contribution in [0.2, 0.25) is 0 Å². The minimum atomic E-state index is -0.722. The fourth-order valence-electron chi connectivity index (χ4n) is 2.39. The van der Waals surface area contributed by atoms with E-state index in [4.69, 9.17) is 9.57 Å². The highest BCUT2D eigenvalue weighted by Gasteiger charge is 2.43. The molecule has 5 heteroatoms. The molecule has 1 heterocycles. The molecule has 2 rings (SSSR count). The molecule has 0 saturated carbocycles. The highest BCUT2D eigenvalue weighted by atomic mass is 16.7. The minimum Gasteiger partial charge on any atom is -0.467 e. The Kier molecular flexibility index (Phi) is 4.39. The fraction of sp³-hybridized carbons (Fsp3) is 0.467. The smallest absolute Gasteiger partial charge is 0.331 e. The molecule has 2 atom stereocenters. The zero-order chi connectivity index (χ0) is 14.7. The Labute approximate surface area is 118 Å². The molecular weight excluding hydrogens is 258 g/mol. The molecule has 0 amide bonds. The van der Waals surface area contributed by atoms with Gasteiger partial charge in [0.05, 0.1) is 19.6 Å². The lowest BCUT2D eigenvalue weighted by molar-refractivity contribution is -0.199. The summed E-state index contributed by atoms with van der Waals surface area (Å²) in [5.74, 6) is -0.553. The molecule has 0 N–H and O–H groups in total. The number of esters is 1. The summed E-state index contributed by atoms with van der Waals surface area (Å²) < 4.78 is 4.87. The van der Waals surface area contributed by atoms with Crippen LogP contribution in [0.3, 0.4) is 0 Å². The summed E-state index contributed by atoms with van der Waals surface area (Å²) in [5.41, 5.74) is 0.750. The summed E-state index contributed by atoms with van der Waals surface area (Å²) >= 11 is 0. The van der Waals surface area contributed by atoms with E-state index in [1.54, 1.807) is 0 Å². The maximum atomic E-state index is 12.1. The summed E-state index contributed by atoms with van der Waals surface area (Å²) in [6.07, 6.45) is 0.290. The molecule has 0 spiro atoms. The number of hydrogen-bond donors (Lipinski definition) is 0. The van der Waals surface area contributed by atoms with Crippen molar-refractivity contribution in [1.82, 2.24) is 5.06 Å². The van der Waals surface area contributed by atoms with E-state index in [1.807, 2.05) is 44.2 Å². The van der Waals surface area contributed by atoms with Crippen LogP contribution in [0.1, 0.15) is 31.9 Å². The van der Waals surface area contributed by atoms with Gasteiger partial charge in [-0.15, -0.1) is 5.06 Å². The van der Waals surface area contributed by atoms with Gasteiger partial charge in [-0.2, -0.15) is 0 Å². The van der Waals surface area contributed by atoms with Crippen LogP contribution < -0.4 is 0 Å². The third kappa shape index (κ3) is 2.82. The molecule has 108 valence electrons. The molecule has 1 aliphatic rings. The second-order valence-corrected chi connectivity index (χ2v) is 5.18. The maximum absolute atomic E-state index is 12.1. The van der Waals surface area contributed by atoms with Crippen LogP contribution in [0.5, 0.6) is 0 Å². The highest BCUT2D eigenvalue weighted by molar-refractivity contribution is 5.79. The first-order valence-corrected chi connectivity index (χ1v) is 6.66. The summed E-state index contributed by atoms with van der Waals surface area (Å²) in [5, 5.41) is 1.48. The third-order valence-corrected chi connectivity index (χ3v) is 3.47. The van der Waals surface area contributed by atoms with Crippen molar-refractivity contribution >= 4 is 11.9 Å². The van der Waals surface area contributed by atoms with E-state index >= 15 is 0 Å². The first kappa shape index (κ1) is 14.5. The van der Waals surface area contributed by atoms with Gasteiger partial charge >= 0.3 is 11.9 Å². The number of benzene rings is 1. The van der Waals surface area contributed by atoms with Gasteiger partial charge in [0.25, 0.3) is 0 Å². The van der Waals surface area contributed by atoms with Crippen molar-refractivity contribution in [3.8, 4) is 0 Å². The number of hydrogen-bond acceptors (Lipinski definition) is 5. The largest absolute Gasteiger partial charge is 0.467 e. The summed E-state index contributed by atoms with van der Waals surface area (Å²) in [4.78, 5) is 29.0. The molecule has 1 aromatic rings. The second-order valence-electron chi connectivity index (χ2n) is 5.18. The van der Waals surface area contributed by atoms with Crippen molar-refractivity contribution in [2.75, 3.05) is 7.11 Å². The molecule has 5 nitrogen and oxygen atoms in total. The lowest BCUT2D eigenvalue weighted by Crippen LogP contribution is -2.40. The number of carbonyl (C=O) groups is 2.